The Hall–Kier alpha value is -3.46. The van der Waals surface area contributed by atoms with Crippen LogP contribution in [0.2, 0.25) is 0 Å². The number of benzene rings is 2. The molecular weight excluding hydrogens is 633 g/mol. The number of rotatable bonds is 12. The molecule has 47 heavy (non-hydrogen) atoms. The van der Waals surface area contributed by atoms with E-state index in [0.29, 0.717) is 49.4 Å². The number of piperidine rings is 1. The maximum Gasteiger partial charge on any atom is 0.416 e. The molecule has 1 aliphatic rings. The number of likely N-dealkylation sites (tertiary alicyclic amines) is 1. The van der Waals surface area contributed by atoms with Crippen molar-refractivity contribution in [2.75, 3.05) is 32.4 Å². The van der Waals surface area contributed by atoms with Gasteiger partial charge in [-0.1, -0.05) is 31.5 Å². The van der Waals surface area contributed by atoms with Crippen molar-refractivity contribution in [3.8, 4) is 11.3 Å². The lowest BCUT2D eigenvalue weighted by Gasteiger charge is -2.33. The number of aromatic nitrogens is 4. The molecule has 3 heterocycles. The first kappa shape index (κ1) is 34.9. The van der Waals surface area contributed by atoms with E-state index in [4.69, 9.17) is 0 Å². The SMILES string of the molecule is CCCCN(Cc1cn(CC(O)CN2CCC(n3c(=O)n(C)c4ccc(C)cc43)CC2)nc1-c1ccc(C(F)(F)F)cc1)S(C)(=O)=O. The topological polar surface area (TPSA) is 106 Å². The number of aryl methyl sites for hydroxylation is 2. The van der Waals surface area contributed by atoms with E-state index in [1.165, 1.54) is 21.1 Å². The highest BCUT2D eigenvalue weighted by atomic mass is 32.2. The zero-order valence-corrected chi connectivity index (χ0v) is 28.1. The van der Waals surface area contributed by atoms with Gasteiger partial charge in [0.2, 0.25) is 10.0 Å². The minimum atomic E-state index is -4.49. The van der Waals surface area contributed by atoms with Gasteiger partial charge in [-0.15, -0.1) is 0 Å². The number of alkyl halides is 3. The molecule has 1 aliphatic heterocycles. The molecule has 0 radical (unpaired) electrons. The maximum absolute atomic E-state index is 13.2. The van der Waals surface area contributed by atoms with E-state index in [1.54, 1.807) is 17.8 Å². The highest BCUT2D eigenvalue weighted by Gasteiger charge is 2.31. The second-order valence-electron chi connectivity index (χ2n) is 12.6. The number of β-amino-alcohol motifs (C(OH)–C–C–N with tert-alkyl or cyclic N) is 1. The summed E-state index contributed by atoms with van der Waals surface area (Å²) in [5, 5.41) is 15.7. The van der Waals surface area contributed by atoms with Gasteiger partial charge in [0.05, 0.1) is 41.2 Å². The Kier molecular flexibility index (Phi) is 10.3. The van der Waals surface area contributed by atoms with Crippen molar-refractivity contribution in [2.24, 2.45) is 7.05 Å². The summed E-state index contributed by atoms with van der Waals surface area (Å²) in [4.78, 5) is 15.3. The first-order chi connectivity index (χ1) is 22.2. The Morgan fingerprint density at radius 3 is 2.36 bits per heavy atom. The predicted octanol–water partition coefficient (Wildman–Crippen LogP) is 4.79. The van der Waals surface area contributed by atoms with Crippen molar-refractivity contribution >= 4 is 21.1 Å². The van der Waals surface area contributed by atoms with Crippen LogP contribution in [0.25, 0.3) is 22.3 Å². The minimum Gasteiger partial charge on any atom is -0.390 e. The lowest BCUT2D eigenvalue weighted by molar-refractivity contribution is -0.137. The van der Waals surface area contributed by atoms with Crippen LogP contribution in [0.5, 0.6) is 0 Å². The smallest absolute Gasteiger partial charge is 0.390 e. The van der Waals surface area contributed by atoms with Gasteiger partial charge in [0.25, 0.3) is 0 Å². The van der Waals surface area contributed by atoms with Crippen LogP contribution in [0, 0.1) is 6.92 Å². The molecule has 10 nitrogen and oxygen atoms in total. The average Bonchev–Trinajstić information content (AvgIpc) is 3.51. The van der Waals surface area contributed by atoms with E-state index < -0.39 is 27.9 Å². The summed E-state index contributed by atoms with van der Waals surface area (Å²) < 4.78 is 71.3. The second kappa shape index (κ2) is 14.0. The summed E-state index contributed by atoms with van der Waals surface area (Å²) in [6, 6.07) is 10.7. The summed E-state index contributed by atoms with van der Waals surface area (Å²) in [7, 11) is -1.78. The number of aliphatic hydroxyl groups excluding tert-OH is 1. The van der Waals surface area contributed by atoms with Crippen LogP contribution in [0.4, 0.5) is 13.2 Å². The molecule has 1 N–H and O–H groups in total. The Morgan fingerprint density at radius 2 is 1.74 bits per heavy atom. The molecule has 0 bridgehead atoms. The number of unbranched alkanes of at least 4 members (excludes halogenated alkanes) is 1. The van der Waals surface area contributed by atoms with E-state index in [-0.39, 0.29) is 24.8 Å². The molecule has 2 aromatic carbocycles. The number of hydrogen-bond donors (Lipinski definition) is 1. The van der Waals surface area contributed by atoms with Crippen LogP contribution < -0.4 is 5.69 Å². The number of imidazole rings is 1. The fraction of sp³-hybridized carbons (Fsp3) is 0.515. The Labute approximate surface area is 273 Å². The van der Waals surface area contributed by atoms with E-state index in [1.807, 2.05) is 36.6 Å². The molecule has 0 aliphatic carbocycles. The van der Waals surface area contributed by atoms with E-state index in [9.17, 15) is 31.5 Å². The molecule has 1 unspecified atom stereocenters. The van der Waals surface area contributed by atoms with Crippen LogP contribution in [-0.2, 0) is 36.3 Å². The third-order valence-corrected chi connectivity index (χ3v) is 10.2. The summed E-state index contributed by atoms with van der Waals surface area (Å²) in [6.45, 7) is 6.14. The Balaban J connectivity index is 1.30. The van der Waals surface area contributed by atoms with Crippen molar-refractivity contribution in [1.29, 1.82) is 0 Å². The Bertz CT molecular complexity index is 1860. The third kappa shape index (κ3) is 7.99. The highest BCUT2D eigenvalue weighted by Crippen LogP contribution is 2.32. The van der Waals surface area contributed by atoms with Crippen molar-refractivity contribution < 1.29 is 26.7 Å². The van der Waals surface area contributed by atoms with Crippen LogP contribution >= 0.6 is 0 Å². The lowest BCUT2D eigenvalue weighted by Crippen LogP contribution is -2.42. The van der Waals surface area contributed by atoms with E-state index in [0.717, 1.165) is 54.2 Å². The maximum atomic E-state index is 13.2. The standard InChI is InChI=1S/C33H43F3N6O4S/c1-5-6-15-41(47(4,45)46)20-25-19-40(37-31(25)24-8-10-26(11-9-24)33(34,35)36)22-28(43)21-39-16-13-27(14-17-39)42-30-18-23(2)7-12-29(30)38(3)32(42)44/h7-12,18-19,27-28,43H,5-6,13-17,20-22H2,1-4H3. The zero-order chi connectivity index (χ0) is 34.1. The van der Waals surface area contributed by atoms with Crippen LogP contribution in [0.3, 0.4) is 0 Å². The molecule has 1 atom stereocenters. The molecule has 14 heteroatoms. The highest BCUT2D eigenvalue weighted by molar-refractivity contribution is 7.88. The van der Waals surface area contributed by atoms with Gasteiger partial charge in [-0.25, -0.2) is 13.2 Å². The number of fused-ring (bicyclic) bond motifs is 1. The molecule has 5 rings (SSSR count). The normalized spacial score (nSPS) is 16.0. The molecular formula is C33H43F3N6O4S. The zero-order valence-electron chi connectivity index (χ0n) is 27.2. The van der Waals surface area contributed by atoms with E-state index >= 15 is 0 Å². The first-order valence-corrected chi connectivity index (χ1v) is 17.8. The number of hydrogen-bond acceptors (Lipinski definition) is 6. The number of sulfonamides is 1. The molecule has 4 aromatic rings. The quantitative estimate of drug-likeness (QED) is 0.232. The molecule has 1 fully saturated rings. The van der Waals surface area contributed by atoms with Gasteiger partial charge < -0.3 is 10.0 Å². The number of nitrogens with zero attached hydrogens (tertiary/aromatic N) is 6. The molecule has 2 aromatic heterocycles. The number of aliphatic hydroxyl groups is 1. The molecule has 256 valence electrons. The summed E-state index contributed by atoms with van der Waals surface area (Å²) in [6.07, 6.45) is 0.451. The van der Waals surface area contributed by atoms with Crippen molar-refractivity contribution in [3.05, 3.63) is 75.8 Å². The minimum absolute atomic E-state index is 0.00581. The predicted molar refractivity (Wildman–Crippen MR) is 175 cm³/mol. The molecule has 0 amide bonds. The largest absolute Gasteiger partial charge is 0.416 e. The van der Waals surface area contributed by atoms with Crippen molar-refractivity contribution in [3.63, 3.8) is 0 Å². The third-order valence-electron chi connectivity index (χ3n) is 8.93. The van der Waals surface area contributed by atoms with Crippen LogP contribution in [0.1, 0.15) is 55.3 Å². The van der Waals surface area contributed by atoms with Gasteiger partial charge in [0.15, 0.2) is 0 Å². The summed E-state index contributed by atoms with van der Waals surface area (Å²) in [5.74, 6) is 0. The summed E-state index contributed by atoms with van der Waals surface area (Å²) in [5.41, 5.74) is 3.42. The molecule has 0 spiro atoms. The van der Waals surface area contributed by atoms with Crippen molar-refractivity contribution in [1.82, 2.24) is 28.1 Å². The molecule has 0 saturated carbocycles. The van der Waals surface area contributed by atoms with Gasteiger partial charge in [-0.05, 0) is 56.0 Å². The van der Waals surface area contributed by atoms with Gasteiger partial charge in [-0.3, -0.25) is 13.8 Å². The average molecular weight is 677 g/mol. The first-order valence-electron chi connectivity index (χ1n) is 15.9. The van der Waals surface area contributed by atoms with Gasteiger partial charge >= 0.3 is 11.9 Å². The second-order valence-corrected chi connectivity index (χ2v) is 14.6. The monoisotopic (exact) mass is 676 g/mol. The number of halogens is 3. The summed E-state index contributed by atoms with van der Waals surface area (Å²) >= 11 is 0. The molecule has 1 saturated heterocycles. The lowest BCUT2D eigenvalue weighted by atomic mass is 10.0. The van der Waals surface area contributed by atoms with Crippen LogP contribution in [0.15, 0.2) is 53.5 Å². The van der Waals surface area contributed by atoms with Crippen molar-refractivity contribution in [2.45, 2.75) is 70.9 Å². The van der Waals surface area contributed by atoms with Gasteiger partial charge in [-0.2, -0.15) is 22.6 Å². The van der Waals surface area contributed by atoms with Gasteiger partial charge in [0.1, 0.15) is 0 Å². The fourth-order valence-corrected chi connectivity index (χ4v) is 7.22. The van der Waals surface area contributed by atoms with E-state index in [2.05, 4.69) is 10.00 Å². The van der Waals surface area contributed by atoms with Crippen LogP contribution in [-0.4, -0.2) is 80.2 Å². The fourth-order valence-electron chi connectivity index (χ4n) is 6.38. The Morgan fingerprint density at radius 1 is 1.06 bits per heavy atom. The van der Waals surface area contributed by atoms with Gasteiger partial charge in [0, 0.05) is 63.1 Å².